The van der Waals surface area contributed by atoms with Crippen LogP contribution in [0.15, 0.2) is 48.5 Å². The molecule has 0 fully saturated rings. The summed E-state index contributed by atoms with van der Waals surface area (Å²) in [6.07, 6.45) is 0.593. The number of hydrogen-bond acceptors (Lipinski definition) is 4. The molecule has 0 unspecified atom stereocenters. The molecule has 2 aromatic carbocycles. The number of ether oxygens (including phenoxy) is 1. The van der Waals surface area contributed by atoms with Gasteiger partial charge in [0.15, 0.2) is 0 Å². The van der Waals surface area contributed by atoms with Gasteiger partial charge in [0.25, 0.3) is 5.91 Å². The molecule has 0 bridgehead atoms. The zero-order valence-corrected chi connectivity index (χ0v) is 15.8. The lowest BCUT2D eigenvalue weighted by Crippen LogP contribution is -2.30. The van der Waals surface area contributed by atoms with E-state index in [9.17, 15) is 18.4 Å². The Hall–Kier alpha value is -2.71. The maximum Gasteiger partial charge on any atom is 0.387 e. The fraction of sp³-hybridized carbons (Fsp3) is 0.263. The van der Waals surface area contributed by atoms with Crippen molar-refractivity contribution in [2.45, 2.75) is 19.5 Å². The number of carbonyl (C=O) groups excluding carboxylic acids is 2. The summed E-state index contributed by atoms with van der Waals surface area (Å²) < 4.78 is 28.5. The highest BCUT2D eigenvalue weighted by Gasteiger charge is 2.12. The predicted molar refractivity (Wildman–Crippen MR) is 105 cm³/mol. The summed E-state index contributed by atoms with van der Waals surface area (Å²) >= 11 is 0. The number of halogens is 3. The molecular weight excluding hydrogens is 392 g/mol. The van der Waals surface area contributed by atoms with Crippen LogP contribution in [0.4, 0.5) is 14.5 Å². The Morgan fingerprint density at radius 1 is 1.07 bits per heavy atom. The van der Waals surface area contributed by atoms with Gasteiger partial charge in [0.05, 0.1) is 11.3 Å². The minimum absolute atomic E-state index is 0. The molecule has 0 saturated carbocycles. The molecule has 28 heavy (non-hydrogen) atoms. The second kappa shape index (κ2) is 11.9. The molecule has 2 rings (SSSR count). The van der Waals surface area contributed by atoms with Gasteiger partial charge in [0.1, 0.15) is 5.75 Å². The fourth-order valence-electron chi connectivity index (χ4n) is 2.38. The lowest BCUT2D eigenvalue weighted by Gasteiger charge is -2.11. The second-order valence-electron chi connectivity index (χ2n) is 5.66. The van der Waals surface area contributed by atoms with Crippen molar-refractivity contribution in [3.05, 3.63) is 59.7 Å². The molecular formula is C19H22ClF2N3O3. The van der Waals surface area contributed by atoms with Crippen LogP contribution < -0.4 is 21.1 Å². The van der Waals surface area contributed by atoms with Crippen molar-refractivity contribution in [1.82, 2.24) is 5.32 Å². The number of nitrogens with one attached hydrogen (secondary N) is 2. The topological polar surface area (TPSA) is 93.5 Å². The number of anilines is 1. The van der Waals surface area contributed by atoms with E-state index in [4.69, 9.17) is 5.73 Å². The maximum atomic E-state index is 12.2. The Kier molecular flexibility index (Phi) is 9.91. The van der Waals surface area contributed by atoms with Crippen LogP contribution in [-0.4, -0.2) is 31.5 Å². The van der Waals surface area contributed by atoms with Crippen molar-refractivity contribution in [3.8, 4) is 5.75 Å². The average Bonchev–Trinajstić information content (AvgIpc) is 2.65. The Morgan fingerprint density at radius 2 is 1.75 bits per heavy atom. The summed E-state index contributed by atoms with van der Waals surface area (Å²) in [5, 5.41) is 5.38. The summed E-state index contributed by atoms with van der Waals surface area (Å²) in [6, 6.07) is 12.8. The van der Waals surface area contributed by atoms with Gasteiger partial charge in [-0.1, -0.05) is 24.3 Å². The average molecular weight is 414 g/mol. The van der Waals surface area contributed by atoms with E-state index >= 15 is 0 Å². The first kappa shape index (κ1) is 23.3. The monoisotopic (exact) mass is 413 g/mol. The zero-order valence-electron chi connectivity index (χ0n) is 15.0. The quantitative estimate of drug-likeness (QED) is 0.589. The summed E-state index contributed by atoms with van der Waals surface area (Å²) in [5.41, 5.74) is 6.95. The van der Waals surface area contributed by atoms with Crippen molar-refractivity contribution in [1.29, 1.82) is 0 Å². The van der Waals surface area contributed by atoms with Gasteiger partial charge in [0, 0.05) is 19.5 Å². The minimum atomic E-state index is -2.87. The molecule has 6 nitrogen and oxygen atoms in total. The van der Waals surface area contributed by atoms with E-state index in [-0.39, 0.29) is 36.4 Å². The second-order valence-corrected chi connectivity index (χ2v) is 5.66. The normalized spacial score (nSPS) is 10.1. The largest absolute Gasteiger partial charge is 0.435 e. The lowest BCUT2D eigenvalue weighted by molar-refractivity contribution is -0.116. The van der Waals surface area contributed by atoms with E-state index in [1.807, 2.05) is 0 Å². The standard InChI is InChI=1S/C19H21F2N3O3.ClH/c20-19(21)27-14-8-5-13(6-9-14)7-10-17(25)24-16-4-2-1-3-15(16)18(26)23-12-11-22;/h1-6,8-9,19H,7,10-12,22H2,(H,23,26)(H,24,25);1H. The Labute approximate surface area is 167 Å². The Balaban J connectivity index is 0.00000392. The number of amides is 2. The lowest BCUT2D eigenvalue weighted by atomic mass is 10.1. The third-order valence-corrected chi connectivity index (χ3v) is 3.66. The molecule has 0 aliphatic heterocycles. The van der Waals surface area contributed by atoms with E-state index in [0.29, 0.717) is 30.8 Å². The SMILES string of the molecule is Cl.NCCNC(=O)c1ccccc1NC(=O)CCc1ccc(OC(F)F)cc1. The number of aryl methyl sites for hydroxylation is 1. The maximum absolute atomic E-state index is 12.2. The highest BCUT2D eigenvalue weighted by atomic mass is 35.5. The number of benzene rings is 2. The zero-order chi connectivity index (χ0) is 19.6. The van der Waals surface area contributed by atoms with Crippen molar-refractivity contribution < 1.29 is 23.1 Å². The van der Waals surface area contributed by atoms with Crippen molar-refractivity contribution in [3.63, 3.8) is 0 Å². The molecule has 0 aliphatic carbocycles. The number of para-hydroxylation sites is 1. The summed E-state index contributed by atoms with van der Waals surface area (Å²) in [7, 11) is 0. The van der Waals surface area contributed by atoms with E-state index in [1.165, 1.54) is 12.1 Å². The third-order valence-electron chi connectivity index (χ3n) is 3.66. The van der Waals surface area contributed by atoms with Crippen LogP contribution in [-0.2, 0) is 11.2 Å². The van der Waals surface area contributed by atoms with E-state index in [0.717, 1.165) is 5.56 Å². The molecule has 9 heteroatoms. The molecule has 2 aromatic rings. The van der Waals surface area contributed by atoms with Crippen molar-refractivity contribution in [2.24, 2.45) is 5.73 Å². The van der Waals surface area contributed by atoms with E-state index in [1.54, 1.807) is 36.4 Å². The molecule has 152 valence electrons. The Morgan fingerprint density at radius 3 is 2.39 bits per heavy atom. The molecule has 2 amide bonds. The van der Waals surface area contributed by atoms with Crippen molar-refractivity contribution in [2.75, 3.05) is 18.4 Å². The van der Waals surface area contributed by atoms with Crippen LogP contribution in [0.1, 0.15) is 22.3 Å². The molecule has 0 heterocycles. The molecule has 0 aromatic heterocycles. The van der Waals surface area contributed by atoms with Gasteiger partial charge in [0.2, 0.25) is 5.91 Å². The first-order chi connectivity index (χ1) is 13.0. The number of carbonyl (C=O) groups is 2. The first-order valence-corrected chi connectivity index (χ1v) is 8.40. The first-order valence-electron chi connectivity index (χ1n) is 8.40. The van der Waals surface area contributed by atoms with Crippen LogP contribution in [0.25, 0.3) is 0 Å². The highest BCUT2D eigenvalue weighted by Crippen LogP contribution is 2.17. The summed E-state index contributed by atoms with van der Waals surface area (Å²) in [4.78, 5) is 24.3. The third kappa shape index (κ3) is 7.50. The Bertz CT molecular complexity index is 773. The molecule has 4 N–H and O–H groups in total. The van der Waals surface area contributed by atoms with E-state index < -0.39 is 6.61 Å². The number of hydrogen-bond donors (Lipinski definition) is 3. The van der Waals surface area contributed by atoms with Gasteiger partial charge in [-0.05, 0) is 36.2 Å². The van der Waals surface area contributed by atoms with Gasteiger partial charge in [-0.15, -0.1) is 12.4 Å². The van der Waals surface area contributed by atoms with Crippen LogP contribution in [0.3, 0.4) is 0 Å². The van der Waals surface area contributed by atoms with Gasteiger partial charge >= 0.3 is 6.61 Å². The fourth-order valence-corrected chi connectivity index (χ4v) is 2.38. The molecule has 0 atom stereocenters. The summed E-state index contributed by atoms with van der Waals surface area (Å²) in [6.45, 7) is -2.21. The van der Waals surface area contributed by atoms with Gasteiger partial charge in [-0.2, -0.15) is 8.78 Å². The van der Waals surface area contributed by atoms with Gasteiger partial charge < -0.3 is 21.1 Å². The minimum Gasteiger partial charge on any atom is -0.435 e. The number of alkyl halides is 2. The molecule has 0 spiro atoms. The van der Waals surface area contributed by atoms with Crippen LogP contribution in [0.5, 0.6) is 5.75 Å². The highest BCUT2D eigenvalue weighted by molar-refractivity contribution is 6.03. The molecule has 0 aliphatic rings. The smallest absolute Gasteiger partial charge is 0.387 e. The van der Waals surface area contributed by atoms with Crippen molar-refractivity contribution >= 4 is 29.9 Å². The predicted octanol–water partition coefficient (Wildman–Crippen LogP) is 2.97. The van der Waals surface area contributed by atoms with Crippen LogP contribution in [0, 0.1) is 0 Å². The van der Waals surface area contributed by atoms with Gasteiger partial charge in [-0.25, -0.2) is 0 Å². The number of nitrogens with two attached hydrogens (primary N) is 1. The number of rotatable bonds is 9. The molecule has 0 saturated heterocycles. The molecule has 0 radical (unpaired) electrons. The summed E-state index contributed by atoms with van der Waals surface area (Å²) in [5.74, 6) is -0.511. The van der Waals surface area contributed by atoms with Crippen LogP contribution in [0.2, 0.25) is 0 Å². The van der Waals surface area contributed by atoms with Crippen LogP contribution >= 0.6 is 12.4 Å². The van der Waals surface area contributed by atoms with E-state index in [2.05, 4.69) is 15.4 Å². The van der Waals surface area contributed by atoms with Gasteiger partial charge in [-0.3, -0.25) is 9.59 Å².